The number of aromatic nitrogens is 3. The molecule has 0 bridgehead atoms. The van der Waals surface area contributed by atoms with Crippen molar-refractivity contribution in [3.63, 3.8) is 0 Å². The predicted octanol–water partition coefficient (Wildman–Crippen LogP) is 1.11. The highest BCUT2D eigenvalue weighted by Gasteiger charge is 2.23. The second-order valence-electron chi connectivity index (χ2n) is 3.97. The van der Waals surface area contributed by atoms with Crippen LogP contribution in [0.3, 0.4) is 0 Å². The van der Waals surface area contributed by atoms with E-state index in [0.29, 0.717) is 17.5 Å². The van der Waals surface area contributed by atoms with Crippen LogP contribution in [-0.2, 0) is 0 Å². The van der Waals surface area contributed by atoms with Gasteiger partial charge in [-0.25, -0.2) is 0 Å². The summed E-state index contributed by atoms with van der Waals surface area (Å²) in [6.07, 6.45) is 1.05. The van der Waals surface area contributed by atoms with Crippen LogP contribution in [0.2, 0.25) is 0 Å². The summed E-state index contributed by atoms with van der Waals surface area (Å²) in [5.74, 6) is 2.27. The van der Waals surface area contributed by atoms with Gasteiger partial charge in [0.25, 0.3) is 5.89 Å². The quantitative estimate of drug-likeness (QED) is 0.816. The van der Waals surface area contributed by atoms with E-state index < -0.39 is 0 Å². The van der Waals surface area contributed by atoms with Crippen LogP contribution in [0.25, 0.3) is 11.6 Å². The number of hydrogen-bond acceptors (Lipinski definition) is 6. The van der Waals surface area contributed by atoms with E-state index in [1.165, 1.54) is 0 Å². The highest BCUT2D eigenvalue weighted by Crippen LogP contribution is 2.23. The van der Waals surface area contributed by atoms with Crippen LogP contribution < -0.4 is 5.32 Å². The molecule has 6 heteroatoms. The molecule has 2 aromatic rings. The summed E-state index contributed by atoms with van der Waals surface area (Å²) in [7, 11) is 0. The molecule has 84 valence electrons. The van der Waals surface area contributed by atoms with Gasteiger partial charge >= 0.3 is 0 Å². The average molecular weight is 220 g/mol. The third-order valence-electron chi connectivity index (χ3n) is 2.71. The Kier molecular flexibility index (Phi) is 2.21. The molecule has 1 aliphatic heterocycles. The monoisotopic (exact) mass is 220 g/mol. The molecule has 1 N–H and O–H groups in total. The Morgan fingerprint density at radius 1 is 1.38 bits per heavy atom. The van der Waals surface area contributed by atoms with Gasteiger partial charge in [0, 0.05) is 18.5 Å². The molecule has 0 aliphatic carbocycles. The van der Waals surface area contributed by atoms with Crippen molar-refractivity contribution >= 4 is 0 Å². The standard InChI is InChI=1S/C10H12N4O2/c1-6-4-8(13-15-6)10-12-9(14-16-10)7-2-3-11-5-7/h4,7,11H,2-3,5H2,1H3/t7-/m1/s1. The molecule has 1 atom stereocenters. The third kappa shape index (κ3) is 1.61. The zero-order chi connectivity index (χ0) is 11.0. The Morgan fingerprint density at radius 3 is 3.00 bits per heavy atom. The molecule has 0 saturated carbocycles. The third-order valence-corrected chi connectivity index (χ3v) is 2.71. The number of rotatable bonds is 2. The Labute approximate surface area is 92.0 Å². The molecule has 3 heterocycles. The summed E-state index contributed by atoms with van der Waals surface area (Å²) in [6.45, 7) is 3.75. The first-order valence-corrected chi connectivity index (χ1v) is 5.31. The molecule has 3 rings (SSSR count). The van der Waals surface area contributed by atoms with Crippen molar-refractivity contribution in [3.8, 4) is 11.6 Å². The fourth-order valence-corrected chi connectivity index (χ4v) is 1.85. The molecular formula is C10H12N4O2. The largest absolute Gasteiger partial charge is 0.361 e. The van der Waals surface area contributed by atoms with E-state index in [2.05, 4.69) is 20.6 Å². The maximum absolute atomic E-state index is 5.17. The minimum atomic E-state index is 0.352. The van der Waals surface area contributed by atoms with Gasteiger partial charge < -0.3 is 14.4 Å². The highest BCUT2D eigenvalue weighted by atomic mass is 16.5. The van der Waals surface area contributed by atoms with Gasteiger partial charge in [0.1, 0.15) is 5.76 Å². The zero-order valence-corrected chi connectivity index (χ0v) is 8.93. The lowest BCUT2D eigenvalue weighted by atomic mass is 10.1. The van der Waals surface area contributed by atoms with Gasteiger partial charge in [-0.3, -0.25) is 0 Å². The minimum Gasteiger partial charge on any atom is -0.361 e. The van der Waals surface area contributed by atoms with Gasteiger partial charge in [0.15, 0.2) is 11.5 Å². The fourth-order valence-electron chi connectivity index (χ4n) is 1.85. The molecule has 2 aromatic heterocycles. The molecule has 0 amide bonds. The molecule has 1 saturated heterocycles. The molecule has 0 radical (unpaired) electrons. The molecule has 6 nitrogen and oxygen atoms in total. The lowest BCUT2D eigenvalue weighted by Gasteiger charge is -1.98. The molecule has 1 fully saturated rings. The van der Waals surface area contributed by atoms with Gasteiger partial charge in [-0.2, -0.15) is 4.98 Å². The lowest BCUT2D eigenvalue weighted by Crippen LogP contribution is -2.08. The Hall–Kier alpha value is -1.69. The summed E-state index contributed by atoms with van der Waals surface area (Å²) >= 11 is 0. The predicted molar refractivity (Wildman–Crippen MR) is 54.8 cm³/mol. The Morgan fingerprint density at radius 2 is 2.31 bits per heavy atom. The molecule has 1 aliphatic rings. The normalized spacial score (nSPS) is 20.4. The minimum absolute atomic E-state index is 0.352. The van der Waals surface area contributed by atoms with Crippen LogP contribution in [-0.4, -0.2) is 28.4 Å². The molecule has 16 heavy (non-hydrogen) atoms. The highest BCUT2D eigenvalue weighted by molar-refractivity contribution is 5.45. The maximum atomic E-state index is 5.17. The van der Waals surface area contributed by atoms with E-state index in [4.69, 9.17) is 9.05 Å². The van der Waals surface area contributed by atoms with Crippen LogP contribution in [0.1, 0.15) is 23.9 Å². The first-order valence-electron chi connectivity index (χ1n) is 5.31. The average Bonchev–Trinajstić information content (AvgIpc) is 2.97. The number of nitrogens with one attached hydrogen (secondary N) is 1. The van der Waals surface area contributed by atoms with E-state index in [1.54, 1.807) is 6.07 Å². The van der Waals surface area contributed by atoms with Gasteiger partial charge in [-0.05, 0) is 19.9 Å². The summed E-state index contributed by atoms with van der Waals surface area (Å²) in [5, 5.41) is 11.1. The topological polar surface area (TPSA) is 77.0 Å². The first-order chi connectivity index (χ1) is 7.83. The van der Waals surface area contributed by atoms with Crippen LogP contribution in [0.4, 0.5) is 0 Å². The van der Waals surface area contributed by atoms with Crippen molar-refractivity contribution in [3.05, 3.63) is 17.7 Å². The second kappa shape index (κ2) is 3.71. The summed E-state index contributed by atoms with van der Waals surface area (Å²) in [5.41, 5.74) is 0.599. The summed E-state index contributed by atoms with van der Waals surface area (Å²) in [6, 6.07) is 1.78. The van der Waals surface area contributed by atoms with Crippen molar-refractivity contribution in [2.75, 3.05) is 13.1 Å². The van der Waals surface area contributed by atoms with E-state index >= 15 is 0 Å². The summed E-state index contributed by atoms with van der Waals surface area (Å²) in [4.78, 5) is 4.34. The van der Waals surface area contributed by atoms with E-state index in [1.807, 2.05) is 6.92 Å². The van der Waals surface area contributed by atoms with Crippen molar-refractivity contribution in [1.82, 2.24) is 20.6 Å². The van der Waals surface area contributed by atoms with Crippen LogP contribution in [0.5, 0.6) is 0 Å². The number of nitrogens with zero attached hydrogens (tertiary/aromatic N) is 3. The Bertz CT molecular complexity index is 484. The summed E-state index contributed by atoms with van der Waals surface area (Å²) < 4.78 is 10.1. The fraction of sp³-hybridized carbons (Fsp3) is 0.500. The first kappa shape index (κ1) is 9.53. The van der Waals surface area contributed by atoms with Crippen molar-refractivity contribution in [1.29, 1.82) is 0 Å². The number of hydrogen-bond donors (Lipinski definition) is 1. The smallest absolute Gasteiger partial charge is 0.280 e. The molecule has 0 aromatic carbocycles. The van der Waals surface area contributed by atoms with Gasteiger partial charge in [-0.1, -0.05) is 10.3 Å². The lowest BCUT2D eigenvalue weighted by molar-refractivity contribution is 0.387. The molecular weight excluding hydrogens is 208 g/mol. The zero-order valence-electron chi connectivity index (χ0n) is 8.93. The van der Waals surface area contributed by atoms with Gasteiger partial charge in [0.05, 0.1) is 0 Å². The van der Waals surface area contributed by atoms with E-state index in [-0.39, 0.29) is 0 Å². The number of aryl methyl sites for hydroxylation is 1. The van der Waals surface area contributed by atoms with Crippen molar-refractivity contribution in [2.24, 2.45) is 0 Å². The van der Waals surface area contributed by atoms with Gasteiger partial charge in [-0.15, -0.1) is 0 Å². The van der Waals surface area contributed by atoms with Crippen molar-refractivity contribution in [2.45, 2.75) is 19.3 Å². The van der Waals surface area contributed by atoms with Crippen LogP contribution in [0.15, 0.2) is 15.1 Å². The van der Waals surface area contributed by atoms with Crippen molar-refractivity contribution < 1.29 is 9.05 Å². The second-order valence-corrected chi connectivity index (χ2v) is 3.97. The van der Waals surface area contributed by atoms with Gasteiger partial charge in [0.2, 0.25) is 0 Å². The Balaban J connectivity index is 1.87. The molecule has 0 unspecified atom stereocenters. The van der Waals surface area contributed by atoms with E-state index in [9.17, 15) is 0 Å². The molecule has 0 spiro atoms. The van der Waals surface area contributed by atoms with Crippen LogP contribution in [0, 0.1) is 6.92 Å². The van der Waals surface area contributed by atoms with Crippen LogP contribution >= 0.6 is 0 Å². The SMILES string of the molecule is Cc1cc(-c2nc([C@@H]3CCNC3)no2)no1. The van der Waals surface area contributed by atoms with E-state index in [0.717, 1.165) is 31.1 Å². The maximum Gasteiger partial charge on any atom is 0.280 e.